The zero-order valence-electron chi connectivity index (χ0n) is 13.9. The molecule has 0 saturated carbocycles. The lowest BCUT2D eigenvalue weighted by atomic mass is 10.1. The molecule has 0 radical (unpaired) electrons. The minimum Gasteiger partial charge on any atom is -0.381 e. The first-order valence-corrected chi connectivity index (χ1v) is 8.62. The highest BCUT2D eigenvalue weighted by Gasteiger charge is 2.42. The van der Waals surface area contributed by atoms with Crippen LogP contribution in [0, 0.1) is 5.82 Å². The van der Waals surface area contributed by atoms with Crippen molar-refractivity contribution in [2.45, 2.75) is 30.8 Å². The van der Waals surface area contributed by atoms with E-state index in [1.807, 2.05) is 0 Å². The smallest absolute Gasteiger partial charge is 0.173 e. The number of imidazole rings is 1. The number of aromatic nitrogens is 2. The molecule has 2 N–H and O–H groups in total. The quantitative estimate of drug-likeness (QED) is 0.867. The van der Waals surface area contributed by atoms with Gasteiger partial charge in [-0.15, -0.1) is 0 Å². The highest BCUT2D eigenvalue weighted by Crippen LogP contribution is 2.33. The van der Waals surface area contributed by atoms with Crippen LogP contribution >= 0.6 is 0 Å². The van der Waals surface area contributed by atoms with E-state index in [2.05, 4.69) is 15.3 Å². The molecule has 4 rings (SSSR count). The van der Waals surface area contributed by atoms with Crippen LogP contribution in [0.5, 0.6) is 0 Å². The Hall–Kier alpha value is -1.80. The summed E-state index contributed by atoms with van der Waals surface area (Å²) in [7, 11) is 0. The molecule has 0 aliphatic carbocycles. The summed E-state index contributed by atoms with van der Waals surface area (Å²) in [6.45, 7) is 2.52. The van der Waals surface area contributed by atoms with Crippen molar-refractivity contribution in [1.82, 2.24) is 15.3 Å². The molecule has 25 heavy (non-hydrogen) atoms. The Labute approximate surface area is 145 Å². The first-order valence-electron chi connectivity index (χ1n) is 8.62. The average Bonchev–Trinajstić information content (AvgIpc) is 3.29. The maximum Gasteiger partial charge on any atom is 0.173 e. The molecule has 3 heterocycles. The second-order valence-corrected chi connectivity index (χ2v) is 6.44. The molecule has 1 aromatic carbocycles. The summed E-state index contributed by atoms with van der Waals surface area (Å²) >= 11 is 0. The molecule has 0 amide bonds. The fourth-order valence-corrected chi connectivity index (χ4v) is 3.37. The van der Waals surface area contributed by atoms with Crippen LogP contribution in [0.1, 0.15) is 30.3 Å². The van der Waals surface area contributed by atoms with Gasteiger partial charge in [0, 0.05) is 31.8 Å². The van der Waals surface area contributed by atoms with Gasteiger partial charge in [0.1, 0.15) is 11.6 Å². The SMILES string of the molecule is Fc1ccc([C@H](NC[C@H]2COC3(CCOCC3)O2)c2ncc[nH]2)cc1. The van der Waals surface area contributed by atoms with Gasteiger partial charge < -0.3 is 24.5 Å². The molecule has 2 atom stereocenters. The van der Waals surface area contributed by atoms with Crippen LogP contribution in [0.2, 0.25) is 0 Å². The van der Waals surface area contributed by atoms with Gasteiger partial charge in [-0.2, -0.15) is 0 Å². The Morgan fingerprint density at radius 2 is 2.08 bits per heavy atom. The minimum absolute atomic E-state index is 0.0315. The summed E-state index contributed by atoms with van der Waals surface area (Å²) in [5, 5.41) is 3.47. The lowest BCUT2D eigenvalue weighted by Crippen LogP contribution is -2.39. The van der Waals surface area contributed by atoms with E-state index in [1.165, 1.54) is 12.1 Å². The summed E-state index contributed by atoms with van der Waals surface area (Å²) < 4.78 is 30.7. The molecule has 1 spiro atoms. The van der Waals surface area contributed by atoms with Crippen LogP contribution in [0.4, 0.5) is 4.39 Å². The molecule has 2 aliphatic heterocycles. The number of halogens is 1. The van der Waals surface area contributed by atoms with Gasteiger partial charge in [0.25, 0.3) is 0 Å². The topological polar surface area (TPSA) is 68.4 Å². The molecule has 2 aromatic rings. The number of ether oxygens (including phenoxy) is 3. The Balaban J connectivity index is 1.42. The maximum atomic E-state index is 13.2. The highest BCUT2D eigenvalue weighted by molar-refractivity contribution is 5.25. The summed E-state index contributed by atoms with van der Waals surface area (Å²) in [4.78, 5) is 7.47. The predicted molar refractivity (Wildman–Crippen MR) is 88.4 cm³/mol. The number of hydrogen-bond donors (Lipinski definition) is 2. The Morgan fingerprint density at radius 1 is 1.28 bits per heavy atom. The van der Waals surface area contributed by atoms with E-state index >= 15 is 0 Å². The largest absolute Gasteiger partial charge is 0.381 e. The second-order valence-electron chi connectivity index (χ2n) is 6.44. The minimum atomic E-state index is -0.485. The van der Waals surface area contributed by atoms with Gasteiger partial charge in [-0.3, -0.25) is 0 Å². The van der Waals surface area contributed by atoms with Crippen LogP contribution in [0.15, 0.2) is 36.7 Å². The summed E-state index contributed by atoms with van der Waals surface area (Å²) in [6.07, 6.45) is 4.99. The van der Waals surface area contributed by atoms with Gasteiger partial charge in [0.2, 0.25) is 0 Å². The molecule has 0 unspecified atom stereocenters. The molecule has 2 saturated heterocycles. The van der Waals surface area contributed by atoms with Gasteiger partial charge in [-0.25, -0.2) is 9.37 Å². The molecule has 6 nitrogen and oxygen atoms in total. The summed E-state index contributed by atoms with van der Waals surface area (Å²) in [5.74, 6) is 0.0444. The fourth-order valence-electron chi connectivity index (χ4n) is 3.37. The van der Waals surface area contributed by atoms with E-state index in [-0.39, 0.29) is 18.0 Å². The van der Waals surface area contributed by atoms with Gasteiger partial charge in [0.05, 0.1) is 32.0 Å². The van der Waals surface area contributed by atoms with E-state index in [9.17, 15) is 4.39 Å². The van der Waals surface area contributed by atoms with Crippen LogP contribution in [-0.2, 0) is 14.2 Å². The molecular weight excluding hydrogens is 325 g/mol. The van der Waals surface area contributed by atoms with Gasteiger partial charge in [-0.1, -0.05) is 12.1 Å². The molecule has 7 heteroatoms. The van der Waals surface area contributed by atoms with Crippen LogP contribution in [0.3, 0.4) is 0 Å². The first kappa shape index (κ1) is 16.7. The van der Waals surface area contributed by atoms with Crippen molar-refractivity contribution < 1.29 is 18.6 Å². The van der Waals surface area contributed by atoms with Crippen LogP contribution in [-0.4, -0.2) is 48.2 Å². The third-order valence-corrected chi connectivity index (χ3v) is 4.71. The van der Waals surface area contributed by atoms with Crippen molar-refractivity contribution in [3.8, 4) is 0 Å². The van der Waals surface area contributed by atoms with E-state index in [4.69, 9.17) is 14.2 Å². The Morgan fingerprint density at radius 3 is 2.80 bits per heavy atom. The van der Waals surface area contributed by atoms with Crippen molar-refractivity contribution in [3.05, 3.63) is 53.9 Å². The second kappa shape index (κ2) is 7.21. The van der Waals surface area contributed by atoms with Crippen molar-refractivity contribution in [3.63, 3.8) is 0 Å². The van der Waals surface area contributed by atoms with E-state index in [0.717, 1.165) is 24.2 Å². The number of hydrogen-bond acceptors (Lipinski definition) is 5. The van der Waals surface area contributed by atoms with E-state index < -0.39 is 5.79 Å². The van der Waals surface area contributed by atoms with Crippen LogP contribution in [0.25, 0.3) is 0 Å². The van der Waals surface area contributed by atoms with Crippen molar-refractivity contribution in [2.24, 2.45) is 0 Å². The standard InChI is InChI=1S/C18H22FN3O3/c19-14-3-1-13(2-4-14)16(17-20-7-8-21-17)22-11-15-12-24-18(25-15)5-9-23-10-6-18/h1-4,7-8,15-16,22H,5-6,9-12H2,(H,20,21)/t15-,16-/m0/s1. The highest BCUT2D eigenvalue weighted by atomic mass is 19.1. The maximum absolute atomic E-state index is 13.2. The number of H-pyrrole nitrogens is 1. The third-order valence-electron chi connectivity index (χ3n) is 4.71. The Kier molecular flexibility index (Phi) is 4.80. The van der Waals surface area contributed by atoms with E-state index in [0.29, 0.717) is 26.4 Å². The molecule has 2 aliphatic rings. The zero-order chi connectivity index (χ0) is 17.1. The van der Waals surface area contributed by atoms with Gasteiger partial charge in [-0.05, 0) is 17.7 Å². The monoisotopic (exact) mass is 347 g/mol. The lowest BCUT2D eigenvalue weighted by molar-refractivity contribution is -0.210. The van der Waals surface area contributed by atoms with Crippen LogP contribution < -0.4 is 5.32 Å². The number of benzene rings is 1. The zero-order valence-corrected chi connectivity index (χ0v) is 13.9. The number of nitrogens with one attached hydrogen (secondary N) is 2. The first-order chi connectivity index (χ1) is 12.2. The molecular formula is C18H22FN3O3. The van der Waals surface area contributed by atoms with Crippen molar-refractivity contribution in [1.29, 1.82) is 0 Å². The average molecular weight is 347 g/mol. The lowest BCUT2D eigenvalue weighted by Gasteiger charge is -2.31. The number of rotatable bonds is 5. The van der Waals surface area contributed by atoms with Gasteiger partial charge in [0.15, 0.2) is 5.79 Å². The van der Waals surface area contributed by atoms with Crippen molar-refractivity contribution >= 4 is 0 Å². The molecule has 134 valence electrons. The van der Waals surface area contributed by atoms with Crippen molar-refractivity contribution in [2.75, 3.05) is 26.4 Å². The fraction of sp³-hybridized carbons (Fsp3) is 0.500. The molecule has 1 aromatic heterocycles. The number of nitrogens with zero attached hydrogens (tertiary/aromatic N) is 1. The third kappa shape index (κ3) is 3.74. The Bertz CT molecular complexity index is 671. The molecule has 2 fully saturated rings. The van der Waals surface area contributed by atoms with Gasteiger partial charge >= 0.3 is 0 Å². The summed E-state index contributed by atoms with van der Waals surface area (Å²) in [6, 6.07) is 6.28. The normalized spacial score (nSPS) is 23.8. The van der Waals surface area contributed by atoms with E-state index in [1.54, 1.807) is 24.5 Å². The summed E-state index contributed by atoms with van der Waals surface area (Å²) in [5.41, 5.74) is 0.941. The molecule has 0 bridgehead atoms. The predicted octanol–water partition coefficient (Wildman–Crippen LogP) is 2.15. The number of aromatic amines is 1.